The Morgan fingerprint density at radius 2 is 1.76 bits per heavy atom. The Balaban J connectivity index is 1.38. The third-order valence-electron chi connectivity index (χ3n) is 6.21. The molecule has 1 fully saturated rings. The van der Waals surface area contributed by atoms with E-state index in [0.29, 0.717) is 25.5 Å². The van der Waals surface area contributed by atoms with Crippen molar-refractivity contribution in [2.75, 3.05) is 36.4 Å². The van der Waals surface area contributed by atoms with Gasteiger partial charge in [-0.25, -0.2) is 27.9 Å². The molecule has 0 atom stereocenters. The second kappa shape index (κ2) is 12.7. The van der Waals surface area contributed by atoms with Crippen molar-refractivity contribution in [3.63, 3.8) is 0 Å². The molecule has 2 heterocycles. The number of ether oxygens (including phenoxy) is 1. The molecule has 1 amide bonds. The second-order valence-corrected chi connectivity index (χ2v) is 13.8. The molecule has 0 bridgehead atoms. The Morgan fingerprint density at radius 1 is 1.07 bits per heavy atom. The minimum atomic E-state index is -3.59. The van der Waals surface area contributed by atoms with Crippen LogP contribution in [-0.4, -0.2) is 67.2 Å². The molecule has 1 aliphatic heterocycles. The summed E-state index contributed by atoms with van der Waals surface area (Å²) in [6.45, 7) is 11.8. The standard InChI is InChI=1S/C29H37BrN6O4S/c1-20(2)34-41(38,39)24-8-6-7-21(17-24)18-26-25(30)19-31-27(33-26)32-22-9-11-23(12-10-22)35-13-15-36(16-14-35)28(37)40-29(3,4)5/h6-12,17,19-20,34H,13-16,18H2,1-5H3,(H,31,32,33). The number of carbonyl (C=O) groups excluding carboxylic acids is 1. The molecule has 1 saturated heterocycles. The van der Waals surface area contributed by atoms with E-state index in [1.54, 1.807) is 43.1 Å². The van der Waals surface area contributed by atoms with Crippen LogP contribution < -0.4 is 14.9 Å². The maximum absolute atomic E-state index is 12.6. The highest BCUT2D eigenvalue weighted by Crippen LogP contribution is 2.24. The van der Waals surface area contributed by atoms with Gasteiger partial charge in [-0.3, -0.25) is 0 Å². The topological polar surface area (TPSA) is 117 Å². The number of sulfonamides is 1. The summed E-state index contributed by atoms with van der Waals surface area (Å²) in [6.07, 6.45) is 1.84. The van der Waals surface area contributed by atoms with Gasteiger partial charge in [0.1, 0.15) is 5.60 Å². The number of piperazine rings is 1. The number of aromatic nitrogens is 2. The van der Waals surface area contributed by atoms with Crippen LogP contribution in [0.25, 0.3) is 0 Å². The Labute approximate surface area is 250 Å². The van der Waals surface area contributed by atoms with E-state index in [2.05, 4.69) is 40.8 Å². The molecule has 0 aliphatic carbocycles. The van der Waals surface area contributed by atoms with Gasteiger partial charge in [-0.1, -0.05) is 12.1 Å². The van der Waals surface area contributed by atoms with Crippen molar-refractivity contribution in [2.24, 2.45) is 0 Å². The number of nitrogens with one attached hydrogen (secondary N) is 2. The van der Waals surface area contributed by atoms with Crippen LogP contribution in [0.15, 0.2) is 64.1 Å². The number of halogens is 1. The molecule has 1 aliphatic rings. The molecule has 220 valence electrons. The molecule has 1 aromatic heterocycles. The fraction of sp³-hybridized carbons (Fsp3) is 0.414. The van der Waals surface area contributed by atoms with Crippen LogP contribution >= 0.6 is 15.9 Å². The van der Waals surface area contributed by atoms with E-state index in [1.165, 1.54) is 0 Å². The van der Waals surface area contributed by atoms with Crippen LogP contribution in [0.1, 0.15) is 45.9 Å². The minimum absolute atomic E-state index is 0.197. The molecular formula is C29H37BrN6O4S. The lowest BCUT2D eigenvalue weighted by Gasteiger charge is -2.36. The van der Waals surface area contributed by atoms with Crippen molar-refractivity contribution in [3.8, 4) is 0 Å². The number of benzene rings is 2. The summed E-state index contributed by atoms with van der Waals surface area (Å²) in [5.41, 5.74) is 2.95. The zero-order valence-corrected chi connectivity index (χ0v) is 26.4. The molecule has 2 N–H and O–H groups in total. The Kier molecular flexibility index (Phi) is 9.55. The van der Waals surface area contributed by atoms with Gasteiger partial charge in [0.2, 0.25) is 16.0 Å². The van der Waals surface area contributed by atoms with Gasteiger partial charge in [-0.05, 0) is 92.5 Å². The average molecular weight is 646 g/mol. The zero-order chi connectivity index (χ0) is 29.8. The highest BCUT2D eigenvalue weighted by Gasteiger charge is 2.26. The number of anilines is 3. The van der Waals surface area contributed by atoms with Gasteiger partial charge >= 0.3 is 6.09 Å². The summed E-state index contributed by atoms with van der Waals surface area (Å²) in [5, 5.41) is 3.25. The third kappa shape index (κ3) is 8.64. The molecule has 10 nitrogen and oxygen atoms in total. The first-order valence-electron chi connectivity index (χ1n) is 13.5. The van der Waals surface area contributed by atoms with Gasteiger partial charge < -0.3 is 19.9 Å². The summed E-state index contributed by atoms with van der Waals surface area (Å²) in [5.74, 6) is 0.437. The molecule has 4 rings (SSSR count). The van der Waals surface area contributed by atoms with E-state index in [9.17, 15) is 13.2 Å². The maximum atomic E-state index is 12.6. The first-order valence-corrected chi connectivity index (χ1v) is 15.8. The first-order chi connectivity index (χ1) is 19.3. The number of hydrogen-bond acceptors (Lipinski definition) is 8. The van der Waals surface area contributed by atoms with Crippen molar-refractivity contribution >= 4 is 49.4 Å². The highest BCUT2D eigenvalue weighted by atomic mass is 79.9. The average Bonchev–Trinajstić information content (AvgIpc) is 2.90. The molecule has 2 aromatic carbocycles. The van der Waals surface area contributed by atoms with E-state index >= 15 is 0 Å². The molecule has 0 radical (unpaired) electrons. The Bertz CT molecular complexity index is 1470. The maximum Gasteiger partial charge on any atom is 0.410 e. The fourth-order valence-electron chi connectivity index (χ4n) is 4.34. The zero-order valence-electron chi connectivity index (χ0n) is 24.0. The molecule has 41 heavy (non-hydrogen) atoms. The van der Waals surface area contributed by atoms with Gasteiger partial charge in [-0.15, -0.1) is 0 Å². The van der Waals surface area contributed by atoms with Crippen LogP contribution in [0.3, 0.4) is 0 Å². The van der Waals surface area contributed by atoms with E-state index in [1.807, 2.05) is 51.1 Å². The number of rotatable bonds is 8. The smallest absolute Gasteiger partial charge is 0.410 e. The second-order valence-electron chi connectivity index (χ2n) is 11.2. The molecule has 0 unspecified atom stereocenters. The monoisotopic (exact) mass is 644 g/mol. The first kappa shape index (κ1) is 30.7. The highest BCUT2D eigenvalue weighted by molar-refractivity contribution is 9.10. The largest absolute Gasteiger partial charge is 0.444 e. The van der Waals surface area contributed by atoms with Crippen LogP contribution in [0.2, 0.25) is 0 Å². The van der Waals surface area contributed by atoms with Gasteiger partial charge in [0.05, 0.1) is 15.1 Å². The lowest BCUT2D eigenvalue weighted by molar-refractivity contribution is 0.0240. The number of nitrogens with zero attached hydrogens (tertiary/aromatic N) is 4. The summed E-state index contributed by atoms with van der Waals surface area (Å²) >= 11 is 3.52. The summed E-state index contributed by atoms with van der Waals surface area (Å²) in [4.78, 5) is 25.6. The normalized spacial score (nSPS) is 14.3. The summed E-state index contributed by atoms with van der Waals surface area (Å²) < 4.78 is 34.0. The van der Waals surface area contributed by atoms with Gasteiger partial charge in [0.15, 0.2) is 0 Å². The Hall–Kier alpha value is -3.22. The van der Waals surface area contributed by atoms with Crippen LogP contribution in [-0.2, 0) is 21.2 Å². The van der Waals surface area contributed by atoms with Gasteiger partial charge in [0.25, 0.3) is 0 Å². The van der Waals surface area contributed by atoms with Crippen LogP contribution in [0.5, 0.6) is 0 Å². The predicted molar refractivity (Wildman–Crippen MR) is 164 cm³/mol. The molecule has 0 saturated carbocycles. The van der Waals surface area contributed by atoms with Crippen molar-refractivity contribution in [1.82, 2.24) is 19.6 Å². The Morgan fingerprint density at radius 3 is 2.39 bits per heavy atom. The summed E-state index contributed by atoms with van der Waals surface area (Å²) in [7, 11) is -3.59. The van der Waals surface area contributed by atoms with Crippen molar-refractivity contribution < 1.29 is 17.9 Å². The lowest BCUT2D eigenvalue weighted by atomic mass is 10.1. The van der Waals surface area contributed by atoms with E-state index in [4.69, 9.17) is 4.74 Å². The molecule has 12 heteroatoms. The molecular weight excluding hydrogens is 608 g/mol. The quantitative estimate of drug-likeness (QED) is 0.339. The fourth-order valence-corrected chi connectivity index (χ4v) is 5.99. The van der Waals surface area contributed by atoms with E-state index in [0.717, 1.165) is 40.2 Å². The van der Waals surface area contributed by atoms with Crippen molar-refractivity contribution in [1.29, 1.82) is 0 Å². The van der Waals surface area contributed by atoms with Crippen LogP contribution in [0, 0.1) is 0 Å². The third-order valence-corrected chi connectivity index (χ3v) is 8.53. The number of carbonyl (C=O) groups is 1. The number of hydrogen-bond donors (Lipinski definition) is 2. The number of amides is 1. The van der Waals surface area contributed by atoms with Gasteiger partial charge in [0, 0.05) is 56.2 Å². The van der Waals surface area contributed by atoms with E-state index in [-0.39, 0.29) is 17.0 Å². The SMILES string of the molecule is CC(C)NS(=O)(=O)c1cccc(Cc2nc(Nc3ccc(N4CCN(C(=O)OC(C)(C)C)CC4)cc3)ncc2Br)c1. The van der Waals surface area contributed by atoms with Crippen LogP contribution in [0.4, 0.5) is 22.1 Å². The molecule has 0 spiro atoms. The molecule has 3 aromatic rings. The predicted octanol–water partition coefficient (Wildman–Crippen LogP) is 5.32. The lowest BCUT2D eigenvalue weighted by Crippen LogP contribution is -2.50. The minimum Gasteiger partial charge on any atom is -0.444 e. The van der Waals surface area contributed by atoms with Crippen molar-refractivity contribution in [2.45, 2.75) is 57.6 Å². The van der Waals surface area contributed by atoms with Crippen molar-refractivity contribution in [3.05, 3.63) is 70.5 Å². The van der Waals surface area contributed by atoms with E-state index < -0.39 is 15.6 Å². The summed E-state index contributed by atoms with van der Waals surface area (Å²) in [6, 6.07) is 14.7. The van der Waals surface area contributed by atoms with Gasteiger partial charge in [-0.2, -0.15) is 0 Å².